The van der Waals surface area contributed by atoms with Gasteiger partial charge >= 0.3 is 0 Å². The molecule has 23 heavy (non-hydrogen) atoms. The SMILES string of the molecule is CN(C)CCN(C)CCN(C)N(C)CC[N+](C)(C)CCN(C)C. The van der Waals surface area contributed by atoms with Gasteiger partial charge in [-0.05, 0) is 35.2 Å². The minimum absolute atomic E-state index is 1.07. The van der Waals surface area contributed by atoms with Gasteiger partial charge in [0.25, 0.3) is 0 Å². The number of hydrogen-bond donors (Lipinski definition) is 0. The van der Waals surface area contributed by atoms with E-state index in [1.807, 2.05) is 0 Å². The van der Waals surface area contributed by atoms with E-state index in [1.165, 1.54) is 13.1 Å². The second-order valence-electron chi connectivity index (χ2n) is 8.06. The fraction of sp³-hybridized carbons (Fsp3) is 1.00. The zero-order valence-corrected chi connectivity index (χ0v) is 17.3. The van der Waals surface area contributed by atoms with Gasteiger partial charge in [-0.1, -0.05) is 0 Å². The summed E-state index contributed by atoms with van der Waals surface area (Å²) in [6.45, 7) is 9.02. The fourth-order valence-corrected chi connectivity index (χ4v) is 2.14. The molecule has 0 fully saturated rings. The second-order valence-corrected chi connectivity index (χ2v) is 8.06. The molecule has 6 nitrogen and oxygen atoms in total. The summed E-state index contributed by atoms with van der Waals surface area (Å²) in [6, 6.07) is 0. The minimum atomic E-state index is 1.07. The van der Waals surface area contributed by atoms with Crippen molar-refractivity contribution in [2.24, 2.45) is 0 Å². The Balaban J connectivity index is 3.98. The van der Waals surface area contributed by atoms with Crippen molar-refractivity contribution in [2.75, 3.05) is 116 Å². The van der Waals surface area contributed by atoms with Crippen molar-refractivity contribution in [1.82, 2.24) is 24.7 Å². The quantitative estimate of drug-likeness (QED) is 0.345. The zero-order valence-electron chi connectivity index (χ0n) is 17.3. The van der Waals surface area contributed by atoms with Crippen molar-refractivity contribution >= 4 is 0 Å². The van der Waals surface area contributed by atoms with Gasteiger partial charge in [-0.2, -0.15) is 0 Å². The van der Waals surface area contributed by atoms with E-state index >= 15 is 0 Å². The molecule has 0 saturated carbocycles. The summed E-state index contributed by atoms with van der Waals surface area (Å²) in [5.41, 5.74) is 0. The van der Waals surface area contributed by atoms with E-state index in [0.717, 1.165) is 43.8 Å². The van der Waals surface area contributed by atoms with Crippen LogP contribution in [0.25, 0.3) is 0 Å². The van der Waals surface area contributed by atoms with Gasteiger partial charge in [-0.15, -0.1) is 0 Å². The summed E-state index contributed by atoms with van der Waals surface area (Å²) in [5.74, 6) is 0. The van der Waals surface area contributed by atoms with Gasteiger partial charge in [0.1, 0.15) is 0 Å². The predicted molar refractivity (Wildman–Crippen MR) is 102 cm³/mol. The highest BCUT2D eigenvalue weighted by molar-refractivity contribution is 4.57. The van der Waals surface area contributed by atoms with Crippen molar-refractivity contribution in [1.29, 1.82) is 0 Å². The van der Waals surface area contributed by atoms with Crippen molar-refractivity contribution in [3.05, 3.63) is 0 Å². The van der Waals surface area contributed by atoms with Gasteiger partial charge in [0, 0.05) is 46.8 Å². The standard InChI is InChI=1S/C17H43N6/c1-18(2)10-11-20(5)12-13-21(6)22(7)15-17-23(8,9)16-14-19(3)4/h10-17H2,1-9H3/q+1. The maximum atomic E-state index is 2.40. The van der Waals surface area contributed by atoms with Crippen molar-refractivity contribution < 1.29 is 4.48 Å². The first-order valence-electron chi connectivity index (χ1n) is 8.75. The molecule has 0 heterocycles. The summed E-state index contributed by atoms with van der Waals surface area (Å²) >= 11 is 0. The number of rotatable bonds is 13. The van der Waals surface area contributed by atoms with Gasteiger partial charge in [0.05, 0.1) is 33.7 Å². The van der Waals surface area contributed by atoms with E-state index in [4.69, 9.17) is 0 Å². The Morgan fingerprint density at radius 3 is 1.48 bits per heavy atom. The first kappa shape index (κ1) is 22.8. The molecule has 0 rings (SSSR count). The number of hydrazine groups is 1. The number of likely N-dealkylation sites (N-methyl/N-ethyl adjacent to an activating group) is 6. The van der Waals surface area contributed by atoms with E-state index in [2.05, 4.69) is 88.1 Å². The van der Waals surface area contributed by atoms with Crippen LogP contribution in [0.1, 0.15) is 0 Å². The van der Waals surface area contributed by atoms with Crippen molar-refractivity contribution in [3.8, 4) is 0 Å². The molecule has 0 aromatic carbocycles. The van der Waals surface area contributed by atoms with Crippen LogP contribution in [0.15, 0.2) is 0 Å². The predicted octanol–water partition coefficient (Wildman–Crippen LogP) is -0.104. The van der Waals surface area contributed by atoms with Crippen LogP contribution in [0.3, 0.4) is 0 Å². The average Bonchev–Trinajstić information content (AvgIpc) is 2.46. The Bertz CT molecular complexity index is 293. The van der Waals surface area contributed by atoms with Crippen LogP contribution >= 0.6 is 0 Å². The molecule has 0 aliphatic carbocycles. The molecule has 0 aromatic heterocycles. The number of hydrogen-bond acceptors (Lipinski definition) is 5. The largest absolute Gasteiger partial charge is 0.326 e. The molecular weight excluding hydrogens is 288 g/mol. The summed E-state index contributed by atoms with van der Waals surface area (Å²) in [4.78, 5) is 6.90. The lowest BCUT2D eigenvalue weighted by atomic mass is 10.4. The van der Waals surface area contributed by atoms with Crippen LogP contribution < -0.4 is 0 Å². The zero-order chi connectivity index (χ0) is 18.0. The molecule has 0 aliphatic rings. The van der Waals surface area contributed by atoms with Crippen LogP contribution in [0.4, 0.5) is 0 Å². The fourth-order valence-electron chi connectivity index (χ4n) is 2.14. The van der Waals surface area contributed by atoms with Crippen LogP contribution in [0.2, 0.25) is 0 Å². The maximum absolute atomic E-state index is 2.40. The molecule has 0 saturated heterocycles. The third kappa shape index (κ3) is 12.8. The molecule has 0 aliphatic heterocycles. The molecule has 0 N–H and O–H groups in total. The molecule has 6 heteroatoms. The molecular formula is C17H43N6+. The summed E-state index contributed by atoms with van der Waals surface area (Å²) in [5, 5.41) is 4.70. The highest BCUT2D eigenvalue weighted by Crippen LogP contribution is 2.00. The van der Waals surface area contributed by atoms with Crippen LogP contribution in [-0.4, -0.2) is 145 Å². The monoisotopic (exact) mass is 331 g/mol. The molecule has 0 bridgehead atoms. The first-order chi connectivity index (χ1) is 10.5. The topological polar surface area (TPSA) is 16.2 Å². The molecule has 0 spiro atoms. The van der Waals surface area contributed by atoms with Crippen molar-refractivity contribution in [3.63, 3.8) is 0 Å². The Hall–Kier alpha value is -0.240. The molecule has 0 amide bonds. The normalized spacial score (nSPS) is 13.3. The lowest BCUT2D eigenvalue weighted by molar-refractivity contribution is -0.889. The Kier molecular flexibility index (Phi) is 11.2. The molecule has 0 atom stereocenters. The van der Waals surface area contributed by atoms with Gasteiger partial charge in [-0.3, -0.25) is 0 Å². The summed E-state index contributed by atoms with van der Waals surface area (Å²) in [7, 11) is 19.8. The highest BCUT2D eigenvalue weighted by atomic mass is 15.6. The number of nitrogens with zero attached hydrogens (tertiary/aromatic N) is 6. The van der Waals surface area contributed by atoms with Gasteiger partial charge in [-0.25, -0.2) is 10.0 Å². The van der Waals surface area contributed by atoms with E-state index in [0.29, 0.717) is 0 Å². The first-order valence-corrected chi connectivity index (χ1v) is 8.75. The minimum Gasteiger partial charge on any atom is -0.326 e. The number of quaternary nitrogens is 1. The van der Waals surface area contributed by atoms with Gasteiger partial charge in [0.2, 0.25) is 0 Å². The lowest BCUT2D eigenvalue weighted by Crippen LogP contribution is -2.51. The van der Waals surface area contributed by atoms with E-state index in [-0.39, 0.29) is 0 Å². The average molecular weight is 332 g/mol. The smallest absolute Gasteiger partial charge is 0.0926 e. The molecule has 0 aromatic rings. The highest BCUT2D eigenvalue weighted by Gasteiger charge is 2.17. The van der Waals surface area contributed by atoms with E-state index < -0.39 is 0 Å². The lowest BCUT2D eigenvalue weighted by Gasteiger charge is -2.35. The molecule has 140 valence electrons. The summed E-state index contributed by atoms with van der Waals surface area (Å²) < 4.78 is 1.07. The Labute approximate surface area is 145 Å². The molecule has 0 unspecified atom stereocenters. The summed E-state index contributed by atoms with van der Waals surface area (Å²) in [6.07, 6.45) is 0. The van der Waals surface area contributed by atoms with E-state index in [1.54, 1.807) is 0 Å². The molecule has 0 radical (unpaired) electrons. The van der Waals surface area contributed by atoms with Gasteiger partial charge < -0.3 is 19.2 Å². The van der Waals surface area contributed by atoms with Crippen LogP contribution in [0.5, 0.6) is 0 Å². The van der Waals surface area contributed by atoms with Crippen molar-refractivity contribution in [2.45, 2.75) is 0 Å². The van der Waals surface area contributed by atoms with Crippen LogP contribution in [-0.2, 0) is 0 Å². The Morgan fingerprint density at radius 1 is 0.522 bits per heavy atom. The second kappa shape index (κ2) is 11.3. The third-order valence-electron chi connectivity index (χ3n) is 4.50. The van der Waals surface area contributed by atoms with Crippen LogP contribution in [0, 0.1) is 0 Å². The van der Waals surface area contributed by atoms with Gasteiger partial charge in [0.15, 0.2) is 0 Å². The van der Waals surface area contributed by atoms with E-state index in [9.17, 15) is 0 Å². The third-order valence-corrected chi connectivity index (χ3v) is 4.50. The Morgan fingerprint density at radius 2 is 0.957 bits per heavy atom. The maximum Gasteiger partial charge on any atom is 0.0926 e.